The molecular weight excluding hydrogens is 508 g/mol. The van der Waals surface area contributed by atoms with Gasteiger partial charge in [0.1, 0.15) is 15.6 Å². The molecule has 0 aliphatic carbocycles. The van der Waals surface area contributed by atoms with Gasteiger partial charge in [-0.05, 0) is 63.4 Å². The van der Waals surface area contributed by atoms with E-state index in [1.807, 2.05) is 45.3 Å². The normalized spacial score (nSPS) is 15.7. The second kappa shape index (κ2) is 10.6. The van der Waals surface area contributed by atoms with Gasteiger partial charge in [-0.15, -0.1) is 22.7 Å². The van der Waals surface area contributed by atoms with Crippen LogP contribution in [0.15, 0.2) is 24.5 Å². The number of urea groups is 1. The zero-order chi connectivity index (χ0) is 26.2. The van der Waals surface area contributed by atoms with E-state index in [0.29, 0.717) is 36.7 Å². The van der Waals surface area contributed by atoms with Crippen molar-refractivity contribution in [2.24, 2.45) is 0 Å². The molecule has 37 heavy (non-hydrogen) atoms. The Bertz CT molecular complexity index is 1290. The third-order valence-electron chi connectivity index (χ3n) is 6.59. The maximum absolute atomic E-state index is 13.1. The van der Waals surface area contributed by atoms with Gasteiger partial charge in [-0.3, -0.25) is 10.2 Å². The number of fused-ring (bicyclic) bond motifs is 2. The van der Waals surface area contributed by atoms with Crippen LogP contribution < -0.4 is 10.6 Å². The lowest BCUT2D eigenvalue weighted by Crippen LogP contribution is -2.32. The van der Waals surface area contributed by atoms with Crippen molar-refractivity contribution in [1.82, 2.24) is 14.8 Å². The van der Waals surface area contributed by atoms with Crippen LogP contribution in [0.1, 0.15) is 64.5 Å². The molecular formula is C27H34N4O4S2. The number of hydrogen-bond donors (Lipinski definition) is 2. The highest BCUT2D eigenvalue weighted by Gasteiger charge is 2.30. The highest BCUT2D eigenvalue weighted by Crippen LogP contribution is 2.38. The maximum Gasteiger partial charge on any atom is 0.341 e. The first kappa shape index (κ1) is 26.0. The van der Waals surface area contributed by atoms with Crippen molar-refractivity contribution < 1.29 is 19.1 Å². The van der Waals surface area contributed by atoms with Gasteiger partial charge < -0.3 is 19.4 Å². The molecule has 0 atom stereocenters. The van der Waals surface area contributed by atoms with Gasteiger partial charge >= 0.3 is 12.0 Å². The first-order valence-corrected chi connectivity index (χ1v) is 14.4. The van der Waals surface area contributed by atoms with Crippen molar-refractivity contribution in [2.75, 3.05) is 25.0 Å². The van der Waals surface area contributed by atoms with Crippen LogP contribution >= 0.6 is 22.7 Å². The third-order valence-corrected chi connectivity index (χ3v) is 8.98. The molecule has 2 amide bonds. The Balaban J connectivity index is 1.36. The van der Waals surface area contributed by atoms with E-state index < -0.39 is 11.6 Å². The number of carbonyl (C=O) groups is 2. The number of nitrogens with zero attached hydrogens (tertiary/aromatic N) is 2. The summed E-state index contributed by atoms with van der Waals surface area (Å²) in [6, 6.07) is 3.69. The lowest BCUT2D eigenvalue weighted by atomic mass is 10.0. The van der Waals surface area contributed by atoms with Crippen LogP contribution in [0.5, 0.6) is 0 Å². The predicted molar refractivity (Wildman–Crippen MR) is 147 cm³/mol. The SMILES string of the molecule is CCN1CCc2c(sc(-n3cccc3)c2CNC(=O)Nc2sc3c(c2C(=O)OC(C)(C)C)CCOC3)C1. The number of hydrogen-bond acceptors (Lipinski definition) is 7. The summed E-state index contributed by atoms with van der Waals surface area (Å²) in [4.78, 5) is 31.0. The molecule has 2 aliphatic heterocycles. The Morgan fingerprint density at radius 3 is 2.62 bits per heavy atom. The molecule has 0 aromatic carbocycles. The average molecular weight is 543 g/mol. The molecule has 0 bridgehead atoms. The predicted octanol–water partition coefficient (Wildman–Crippen LogP) is 5.33. The molecule has 0 saturated heterocycles. The summed E-state index contributed by atoms with van der Waals surface area (Å²) >= 11 is 3.19. The van der Waals surface area contributed by atoms with E-state index in [4.69, 9.17) is 9.47 Å². The lowest BCUT2D eigenvalue weighted by molar-refractivity contribution is 0.00685. The molecule has 3 aromatic heterocycles. The van der Waals surface area contributed by atoms with Crippen LogP contribution in [0.3, 0.4) is 0 Å². The van der Waals surface area contributed by atoms with Gasteiger partial charge in [-0.1, -0.05) is 6.92 Å². The molecule has 0 radical (unpaired) electrons. The van der Waals surface area contributed by atoms with Crippen molar-refractivity contribution in [3.63, 3.8) is 0 Å². The van der Waals surface area contributed by atoms with Gasteiger partial charge in [-0.25, -0.2) is 9.59 Å². The second-order valence-corrected chi connectivity index (χ2v) is 12.5. The van der Waals surface area contributed by atoms with Crippen LogP contribution in [-0.4, -0.2) is 46.8 Å². The fourth-order valence-electron chi connectivity index (χ4n) is 4.82. The molecule has 5 heterocycles. The molecule has 5 rings (SSSR count). The van der Waals surface area contributed by atoms with Gasteiger partial charge in [0, 0.05) is 47.3 Å². The van der Waals surface area contributed by atoms with Gasteiger partial charge in [0.15, 0.2) is 0 Å². The first-order chi connectivity index (χ1) is 17.7. The van der Waals surface area contributed by atoms with Gasteiger partial charge in [0.2, 0.25) is 0 Å². The minimum Gasteiger partial charge on any atom is -0.456 e. The number of aromatic nitrogens is 1. The van der Waals surface area contributed by atoms with Crippen LogP contribution in [0.25, 0.3) is 5.00 Å². The highest BCUT2D eigenvalue weighted by atomic mass is 32.1. The Morgan fingerprint density at radius 1 is 1.11 bits per heavy atom. The molecule has 0 unspecified atom stereocenters. The van der Waals surface area contributed by atoms with E-state index in [1.165, 1.54) is 21.8 Å². The minimum atomic E-state index is -0.628. The topological polar surface area (TPSA) is 84.8 Å². The summed E-state index contributed by atoms with van der Waals surface area (Å²) in [5, 5.41) is 7.66. The minimum absolute atomic E-state index is 0.339. The number of anilines is 1. The quantitative estimate of drug-likeness (QED) is 0.412. The molecule has 10 heteroatoms. The summed E-state index contributed by atoms with van der Waals surface area (Å²) in [5.41, 5.74) is 3.25. The molecule has 0 saturated carbocycles. The molecule has 3 aromatic rings. The molecule has 2 N–H and O–H groups in total. The van der Waals surface area contributed by atoms with Gasteiger partial charge in [0.25, 0.3) is 0 Å². The highest BCUT2D eigenvalue weighted by molar-refractivity contribution is 7.17. The number of nitrogens with one attached hydrogen (secondary N) is 2. The van der Waals surface area contributed by atoms with Crippen LogP contribution in [0.2, 0.25) is 0 Å². The van der Waals surface area contributed by atoms with Crippen molar-refractivity contribution in [3.05, 3.63) is 56.5 Å². The third kappa shape index (κ3) is 5.62. The molecule has 0 spiro atoms. The number of amides is 2. The van der Waals surface area contributed by atoms with E-state index in [2.05, 4.69) is 27.0 Å². The summed E-state index contributed by atoms with van der Waals surface area (Å²) in [7, 11) is 0. The number of carbonyl (C=O) groups excluding carboxylic acids is 2. The standard InChI is InChI=1S/C27H34N4O4S2/c1-5-30-12-8-17-19(24(37-20(17)15-30)31-10-6-7-11-31)14-28-26(33)29-23-22(25(32)35-27(2,3)4)18-9-13-34-16-21(18)36-23/h6-7,10-11H,5,8-9,12-16H2,1-4H3,(H2,28,29,33). The maximum atomic E-state index is 13.1. The number of thiophene rings is 2. The summed E-state index contributed by atoms with van der Waals surface area (Å²) in [5.74, 6) is -0.413. The van der Waals surface area contributed by atoms with E-state index in [0.717, 1.165) is 47.1 Å². The molecule has 2 aliphatic rings. The summed E-state index contributed by atoms with van der Waals surface area (Å²) in [6.45, 7) is 12.1. The van der Waals surface area contributed by atoms with Crippen LogP contribution in [-0.2, 0) is 42.0 Å². The van der Waals surface area contributed by atoms with Crippen molar-refractivity contribution in [1.29, 1.82) is 0 Å². The molecule has 8 nitrogen and oxygen atoms in total. The largest absolute Gasteiger partial charge is 0.456 e. The summed E-state index contributed by atoms with van der Waals surface area (Å²) < 4.78 is 13.4. The van der Waals surface area contributed by atoms with Crippen LogP contribution in [0.4, 0.5) is 9.80 Å². The number of rotatable bonds is 6. The Morgan fingerprint density at radius 2 is 1.89 bits per heavy atom. The number of ether oxygens (including phenoxy) is 2. The fourth-order valence-corrected chi connectivity index (χ4v) is 7.36. The van der Waals surface area contributed by atoms with Crippen molar-refractivity contribution in [3.8, 4) is 5.00 Å². The molecule has 0 fully saturated rings. The van der Waals surface area contributed by atoms with E-state index in [9.17, 15) is 9.59 Å². The van der Waals surface area contributed by atoms with Crippen LogP contribution in [0, 0.1) is 0 Å². The van der Waals surface area contributed by atoms with Crippen molar-refractivity contribution >= 4 is 39.7 Å². The number of likely N-dealkylation sites (N-methyl/N-ethyl adjacent to an activating group) is 1. The zero-order valence-corrected chi connectivity index (χ0v) is 23.4. The van der Waals surface area contributed by atoms with Crippen molar-refractivity contribution in [2.45, 2.75) is 65.8 Å². The smallest absolute Gasteiger partial charge is 0.341 e. The molecule has 198 valence electrons. The number of esters is 1. The second-order valence-electron chi connectivity index (χ2n) is 10.3. The van der Waals surface area contributed by atoms with E-state index in [1.54, 1.807) is 11.3 Å². The monoisotopic (exact) mass is 542 g/mol. The summed E-state index contributed by atoms with van der Waals surface area (Å²) in [6.07, 6.45) is 5.69. The van der Waals surface area contributed by atoms with Gasteiger partial charge in [-0.2, -0.15) is 0 Å². The fraction of sp³-hybridized carbons (Fsp3) is 0.481. The Labute approximate surface area is 225 Å². The van der Waals surface area contributed by atoms with Gasteiger partial charge in [0.05, 0.1) is 18.8 Å². The first-order valence-electron chi connectivity index (χ1n) is 12.7. The zero-order valence-electron chi connectivity index (χ0n) is 21.8. The Kier molecular flexibility index (Phi) is 7.44. The Hall–Kier alpha value is -2.66. The van der Waals surface area contributed by atoms with E-state index in [-0.39, 0.29) is 6.03 Å². The average Bonchev–Trinajstić information content (AvgIpc) is 3.57. The lowest BCUT2D eigenvalue weighted by Gasteiger charge is -2.25. The van der Waals surface area contributed by atoms with E-state index >= 15 is 0 Å².